The average molecular weight is 369 g/mol. The highest BCUT2D eigenvalue weighted by molar-refractivity contribution is 7.20. The van der Waals surface area contributed by atoms with Crippen molar-refractivity contribution < 1.29 is 14.5 Å². The molecule has 0 aliphatic rings. The molecule has 1 amide bonds. The van der Waals surface area contributed by atoms with E-state index in [1.807, 2.05) is 31.2 Å². The van der Waals surface area contributed by atoms with Crippen LogP contribution in [0.2, 0.25) is 0 Å². The predicted octanol–water partition coefficient (Wildman–Crippen LogP) is 3.97. The molecule has 7 nitrogen and oxygen atoms in total. The van der Waals surface area contributed by atoms with Gasteiger partial charge >= 0.3 is 0 Å². The van der Waals surface area contributed by atoms with E-state index in [4.69, 9.17) is 4.74 Å². The number of hydrazone groups is 1. The lowest BCUT2D eigenvalue weighted by Crippen LogP contribution is -2.16. The predicted molar refractivity (Wildman–Crippen MR) is 101 cm³/mol. The maximum Gasteiger partial charge on any atom is 0.281 e. The Bertz CT molecular complexity index is 980. The van der Waals surface area contributed by atoms with Gasteiger partial charge in [-0.15, -0.1) is 11.3 Å². The number of rotatable bonds is 6. The molecule has 3 aromatic rings. The molecule has 26 heavy (non-hydrogen) atoms. The molecule has 0 spiro atoms. The number of nitro benzene ring substituents is 1. The van der Waals surface area contributed by atoms with Crippen LogP contribution in [0.25, 0.3) is 10.1 Å². The lowest BCUT2D eigenvalue weighted by Gasteiger charge is -2.02. The van der Waals surface area contributed by atoms with E-state index in [0.717, 1.165) is 16.0 Å². The van der Waals surface area contributed by atoms with Gasteiger partial charge in [-0.2, -0.15) is 5.10 Å². The van der Waals surface area contributed by atoms with Crippen molar-refractivity contribution in [3.8, 4) is 5.75 Å². The van der Waals surface area contributed by atoms with Gasteiger partial charge in [0.05, 0.1) is 22.6 Å². The third-order valence-corrected chi connectivity index (χ3v) is 4.62. The number of nitrogens with one attached hydrogen (secondary N) is 1. The highest BCUT2D eigenvalue weighted by Gasteiger charge is 2.12. The fraction of sp³-hybridized carbons (Fsp3) is 0.111. The summed E-state index contributed by atoms with van der Waals surface area (Å²) in [6.07, 6.45) is 1.53. The zero-order valence-corrected chi connectivity index (χ0v) is 14.7. The summed E-state index contributed by atoms with van der Waals surface area (Å²) in [4.78, 5) is 23.0. The number of carbonyl (C=O) groups is 1. The molecule has 0 unspecified atom stereocenters. The Morgan fingerprint density at radius 1 is 1.27 bits per heavy atom. The molecule has 1 heterocycles. The first-order valence-electron chi connectivity index (χ1n) is 7.81. The van der Waals surface area contributed by atoms with Gasteiger partial charge < -0.3 is 4.74 Å². The van der Waals surface area contributed by atoms with Crippen LogP contribution < -0.4 is 10.2 Å². The van der Waals surface area contributed by atoms with E-state index in [1.54, 1.807) is 12.1 Å². The van der Waals surface area contributed by atoms with E-state index in [0.29, 0.717) is 16.9 Å². The van der Waals surface area contributed by atoms with E-state index in [1.165, 1.54) is 29.7 Å². The summed E-state index contributed by atoms with van der Waals surface area (Å²) in [5.74, 6) is 0.407. The third-order valence-electron chi connectivity index (χ3n) is 3.51. The maximum atomic E-state index is 12.2. The van der Waals surface area contributed by atoms with Crippen LogP contribution in [0.5, 0.6) is 5.75 Å². The number of nitrogens with zero attached hydrogens (tertiary/aromatic N) is 2. The maximum absolute atomic E-state index is 12.2. The second-order valence-electron chi connectivity index (χ2n) is 5.29. The quantitative estimate of drug-likeness (QED) is 0.404. The highest BCUT2D eigenvalue weighted by atomic mass is 32.1. The number of hydrogen-bond donors (Lipinski definition) is 1. The van der Waals surface area contributed by atoms with Crippen molar-refractivity contribution in [1.82, 2.24) is 5.43 Å². The van der Waals surface area contributed by atoms with Gasteiger partial charge in [-0.05, 0) is 48.9 Å². The molecule has 0 radical (unpaired) electrons. The zero-order chi connectivity index (χ0) is 18.5. The normalized spacial score (nSPS) is 11.0. The molecule has 0 atom stereocenters. The van der Waals surface area contributed by atoms with Crippen molar-refractivity contribution in [2.24, 2.45) is 5.10 Å². The Kier molecular flexibility index (Phi) is 5.23. The van der Waals surface area contributed by atoms with Gasteiger partial charge in [0.1, 0.15) is 5.75 Å². The summed E-state index contributed by atoms with van der Waals surface area (Å²) in [6.45, 7) is 2.51. The van der Waals surface area contributed by atoms with E-state index in [2.05, 4.69) is 10.5 Å². The van der Waals surface area contributed by atoms with E-state index >= 15 is 0 Å². The number of carbonyl (C=O) groups excluding carboxylic acids is 1. The van der Waals surface area contributed by atoms with Crippen molar-refractivity contribution in [3.63, 3.8) is 0 Å². The minimum absolute atomic E-state index is 0.00391. The topological polar surface area (TPSA) is 93.8 Å². The molecular formula is C18H15N3O4S. The van der Waals surface area contributed by atoms with Crippen LogP contribution >= 0.6 is 11.3 Å². The minimum Gasteiger partial charge on any atom is -0.494 e. The average Bonchev–Trinajstić information content (AvgIpc) is 3.06. The van der Waals surface area contributed by atoms with Crippen LogP contribution in [0.3, 0.4) is 0 Å². The lowest BCUT2D eigenvalue weighted by atomic mass is 10.2. The lowest BCUT2D eigenvalue weighted by molar-refractivity contribution is -0.384. The summed E-state index contributed by atoms with van der Waals surface area (Å²) in [5, 5.41) is 15.4. The van der Waals surface area contributed by atoms with Crippen LogP contribution in [-0.2, 0) is 0 Å². The molecule has 0 fully saturated rings. The summed E-state index contributed by atoms with van der Waals surface area (Å²) in [5.41, 5.74) is 3.28. The molecule has 0 aliphatic carbocycles. The van der Waals surface area contributed by atoms with Gasteiger partial charge in [0, 0.05) is 22.2 Å². The number of nitro groups is 1. The number of non-ortho nitro benzene ring substituents is 1. The van der Waals surface area contributed by atoms with Crippen molar-refractivity contribution in [3.05, 3.63) is 69.1 Å². The van der Waals surface area contributed by atoms with Crippen LogP contribution in [0.15, 0.2) is 53.6 Å². The summed E-state index contributed by atoms with van der Waals surface area (Å²) < 4.78 is 6.16. The van der Waals surface area contributed by atoms with Gasteiger partial charge in [0.15, 0.2) is 0 Å². The fourth-order valence-electron chi connectivity index (χ4n) is 2.29. The molecule has 1 aromatic heterocycles. The first-order valence-corrected chi connectivity index (χ1v) is 8.62. The van der Waals surface area contributed by atoms with Crippen LogP contribution in [0.1, 0.15) is 22.2 Å². The Morgan fingerprint density at radius 2 is 2.04 bits per heavy atom. The van der Waals surface area contributed by atoms with Crippen molar-refractivity contribution in [1.29, 1.82) is 0 Å². The second-order valence-corrected chi connectivity index (χ2v) is 6.37. The third kappa shape index (κ3) is 4.04. The fourth-order valence-corrected chi connectivity index (χ4v) is 3.23. The molecule has 0 saturated heterocycles. The number of fused-ring (bicyclic) bond motifs is 1. The standard InChI is InChI=1S/C18H15N3O4S/c1-2-25-15-6-3-12(4-7-15)11-19-20-18(22)17-10-13-9-14(21(23)24)5-8-16(13)26-17/h3-11H,2H2,1H3,(H,20,22)/b19-11-. The van der Waals surface area contributed by atoms with Crippen molar-refractivity contribution in [2.45, 2.75) is 6.92 Å². The van der Waals surface area contributed by atoms with Crippen LogP contribution in [0.4, 0.5) is 5.69 Å². The molecular weight excluding hydrogens is 354 g/mol. The first kappa shape index (κ1) is 17.6. The second kappa shape index (κ2) is 7.75. The smallest absolute Gasteiger partial charge is 0.281 e. The van der Waals surface area contributed by atoms with Gasteiger partial charge in [-0.3, -0.25) is 14.9 Å². The van der Waals surface area contributed by atoms with E-state index in [-0.39, 0.29) is 11.6 Å². The Labute approximate surface area is 153 Å². The number of ether oxygens (including phenoxy) is 1. The molecule has 3 rings (SSSR count). The van der Waals surface area contributed by atoms with Gasteiger partial charge in [-0.1, -0.05) is 0 Å². The largest absolute Gasteiger partial charge is 0.494 e. The number of benzene rings is 2. The summed E-state index contributed by atoms with van der Waals surface area (Å²) in [6, 6.07) is 13.4. The van der Waals surface area contributed by atoms with E-state index < -0.39 is 4.92 Å². The first-order chi connectivity index (χ1) is 12.6. The van der Waals surface area contributed by atoms with E-state index in [9.17, 15) is 14.9 Å². The Morgan fingerprint density at radius 3 is 2.73 bits per heavy atom. The van der Waals surface area contributed by atoms with Crippen molar-refractivity contribution in [2.75, 3.05) is 6.61 Å². The molecule has 1 N–H and O–H groups in total. The molecule has 0 saturated carbocycles. The zero-order valence-electron chi connectivity index (χ0n) is 13.8. The van der Waals surface area contributed by atoms with Gasteiger partial charge in [0.25, 0.3) is 11.6 Å². The molecule has 0 aliphatic heterocycles. The van der Waals surface area contributed by atoms with Crippen LogP contribution in [0, 0.1) is 10.1 Å². The Balaban J connectivity index is 1.67. The Hall–Kier alpha value is -3.26. The van der Waals surface area contributed by atoms with Gasteiger partial charge in [0.2, 0.25) is 0 Å². The summed E-state index contributed by atoms with van der Waals surface area (Å²) in [7, 11) is 0. The minimum atomic E-state index is -0.460. The molecule has 0 bridgehead atoms. The molecule has 132 valence electrons. The molecule has 8 heteroatoms. The SMILES string of the molecule is CCOc1ccc(/C=N\NC(=O)c2cc3cc([N+](=O)[O-])ccc3s2)cc1. The number of amides is 1. The number of hydrogen-bond acceptors (Lipinski definition) is 6. The monoisotopic (exact) mass is 369 g/mol. The van der Waals surface area contributed by atoms with Gasteiger partial charge in [-0.25, -0.2) is 5.43 Å². The van der Waals surface area contributed by atoms with Crippen molar-refractivity contribution >= 4 is 39.2 Å². The summed E-state index contributed by atoms with van der Waals surface area (Å²) >= 11 is 1.25. The molecule has 2 aromatic carbocycles. The highest BCUT2D eigenvalue weighted by Crippen LogP contribution is 2.28. The number of thiophene rings is 1. The van der Waals surface area contributed by atoms with Crippen LogP contribution in [-0.4, -0.2) is 23.7 Å².